The summed E-state index contributed by atoms with van der Waals surface area (Å²) >= 11 is 23.3. The molecule has 0 aromatic heterocycles. The minimum atomic E-state index is -4.04. The summed E-state index contributed by atoms with van der Waals surface area (Å²) in [5.74, 6) is -1.05. The number of aromatic hydroxyl groups is 2. The summed E-state index contributed by atoms with van der Waals surface area (Å²) in [6.45, 7) is 3.79. The molecule has 0 radical (unpaired) electrons. The Bertz CT molecular complexity index is 2000. The van der Waals surface area contributed by atoms with Gasteiger partial charge in [-0.05, 0) is 86.3 Å². The normalized spacial score (nSPS) is 14.8. The Balaban J connectivity index is 0.000000188. The Labute approximate surface area is 299 Å². The molecule has 0 amide bonds. The molecule has 4 N–H and O–H groups in total. The molecule has 256 valence electrons. The maximum atomic E-state index is 12.7. The third-order valence-corrected chi connectivity index (χ3v) is 11.5. The van der Waals surface area contributed by atoms with E-state index in [1.165, 1.54) is 31.0 Å². The predicted molar refractivity (Wildman–Crippen MR) is 194 cm³/mol. The van der Waals surface area contributed by atoms with Gasteiger partial charge in [0.05, 0.1) is 21.4 Å². The SMILES string of the molecule is O=S(=O)(Nc1ccc(N2CCCC2)cc1)c1cc(Cl)cc(Cl)c1O.O=S(=O)(Nc1ccccc1N1CCCC1)c1cc(Cl)cc(Cl)c1O. The van der Waals surface area contributed by atoms with E-state index in [-0.39, 0.29) is 29.9 Å². The first-order chi connectivity index (χ1) is 22.7. The summed E-state index contributed by atoms with van der Waals surface area (Å²) in [5, 5.41) is 19.9. The fourth-order valence-corrected chi connectivity index (χ4v) is 9.06. The van der Waals surface area contributed by atoms with Gasteiger partial charge < -0.3 is 20.0 Å². The van der Waals surface area contributed by atoms with Crippen molar-refractivity contribution in [2.45, 2.75) is 35.5 Å². The topological polar surface area (TPSA) is 139 Å². The van der Waals surface area contributed by atoms with Gasteiger partial charge in [0.25, 0.3) is 20.0 Å². The van der Waals surface area contributed by atoms with E-state index in [4.69, 9.17) is 46.4 Å². The highest BCUT2D eigenvalue weighted by atomic mass is 35.5. The standard InChI is InChI=1S/2C16H16Cl2N2O3S/c17-11-9-14(18)16(21)15(10-11)24(22,23)19-12-3-5-13(6-4-12)20-7-1-2-8-20;17-11-9-12(18)16(21)15(10-11)24(22,23)19-13-5-1-2-6-14(13)20-7-3-4-8-20/h3-6,9-10,19,21H,1-2,7-8H2;1-2,5-6,9-10,19,21H,3-4,7-8H2. The van der Waals surface area contributed by atoms with Crippen LogP contribution in [0.5, 0.6) is 11.5 Å². The monoisotopic (exact) mass is 772 g/mol. The van der Waals surface area contributed by atoms with Crippen LogP contribution < -0.4 is 19.2 Å². The van der Waals surface area contributed by atoms with Crippen molar-refractivity contribution in [1.29, 1.82) is 0 Å². The molecule has 0 atom stereocenters. The number of halogens is 4. The van der Waals surface area contributed by atoms with Crippen molar-refractivity contribution in [3.63, 3.8) is 0 Å². The molecule has 16 heteroatoms. The van der Waals surface area contributed by atoms with Gasteiger partial charge in [0.2, 0.25) is 0 Å². The van der Waals surface area contributed by atoms with Gasteiger partial charge in [-0.15, -0.1) is 0 Å². The molecule has 4 aromatic carbocycles. The van der Waals surface area contributed by atoms with Crippen molar-refractivity contribution in [2.24, 2.45) is 0 Å². The van der Waals surface area contributed by atoms with E-state index in [0.717, 1.165) is 56.5 Å². The summed E-state index contributed by atoms with van der Waals surface area (Å²) in [4.78, 5) is 3.67. The molecule has 0 bridgehead atoms. The largest absolute Gasteiger partial charge is 0.505 e. The van der Waals surface area contributed by atoms with Crippen LogP contribution in [0.2, 0.25) is 20.1 Å². The number of para-hydroxylation sites is 2. The fraction of sp³-hybridized carbons (Fsp3) is 0.250. The first kappa shape index (κ1) is 36.0. The number of nitrogens with one attached hydrogen (secondary N) is 2. The van der Waals surface area contributed by atoms with Crippen LogP contribution in [-0.2, 0) is 20.0 Å². The zero-order chi connectivity index (χ0) is 34.6. The molecular formula is C32H32Cl4N4O6S2. The van der Waals surface area contributed by atoms with Crippen molar-refractivity contribution < 1.29 is 27.0 Å². The number of benzene rings is 4. The minimum absolute atomic E-state index is 0.115. The van der Waals surface area contributed by atoms with Crippen molar-refractivity contribution >= 4 is 89.2 Å². The average Bonchev–Trinajstić information content (AvgIpc) is 3.77. The molecule has 0 spiro atoms. The van der Waals surface area contributed by atoms with E-state index in [0.29, 0.717) is 11.4 Å². The number of phenolic OH excluding ortho intramolecular Hbond substituents is 2. The van der Waals surface area contributed by atoms with Gasteiger partial charge in [-0.25, -0.2) is 16.8 Å². The number of nitrogens with zero attached hydrogens (tertiary/aromatic N) is 2. The lowest BCUT2D eigenvalue weighted by Gasteiger charge is -2.22. The van der Waals surface area contributed by atoms with Crippen molar-refractivity contribution in [3.8, 4) is 11.5 Å². The van der Waals surface area contributed by atoms with Gasteiger partial charge in [0.1, 0.15) is 9.79 Å². The highest BCUT2D eigenvalue weighted by Gasteiger charge is 2.25. The van der Waals surface area contributed by atoms with Gasteiger partial charge >= 0.3 is 0 Å². The summed E-state index contributed by atoms with van der Waals surface area (Å²) in [5.41, 5.74) is 2.72. The molecular weight excluding hydrogens is 742 g/mol. The number of rotatable bonds is 8. The van der Waals surface area contributed by atoms with Gasteiger partial charge in [-0.2, -0.15) is 0 Å². The molecule has 2 heterocycles. The zero-order valence-corrected chi connectivity index (χ0v) is 30.0. The number of anilines is 4. The van der Waals surface area contributed by atoms with Crippen molar-refractivity contribution in [3.05, 3.63) is 92.9 Å². The Morgan fingerprint density at radius 1 is 0.583 bits per heavy atom. The lowest BCUT2D eigenvalue weighted by molar-refractivity contribution is 0.458. The average molecular weight is 775 g/mol. The maximum absolute atomic E-state index is 12.7. The molecule has 0 saturated carbocycles. The molecule has 2 saturated heterocycles. The lowest BCUT2D eigenvalue weighted by Crippen LogP contribution is -2.21. The minimum Gasteiger partial charge on any atom is -0.505 e. The lowest BCUT2D eigenvalue weighted by atomic mass is 10.2. The molecule has 0 aliphatic carbocycles. The van der Waals surface area contributed by atoms with Crippen LogP contribution in [0.1, 0.15) is 25.7 Å². The Hall–Kier alpha value is -3.26. The second kappa shape index (κ2) is 15.1. The van der Waals surface area contributed by atoms with E-state index < -0.39 is 31.5 Å². The van der Waals surface area contributed by atoms with Gasteiger partial charge in [-0.3, -0.25) is 9.44 Å². The smallest absolute Gasteiger partial charge is 0.265 e. The summed E-state index contributed by atoms with van der Waals surface area (Å²) in [7, 11) is -8.04. The van der Waals surface area contributed by atoms with Gasteiger partial charge in [0.15, 0.2) is 11.5 Å². The van der Waals surface area contributed by atoms with E-state index in [1.807, 2.05) is 24.3 Å². The van der Waals surface area contributed by atoms with Crippen LogP contribution in [0.4, 0.5) is 22.7 Å². The number of hydrogen-bond donors (Lipinski definition) is 4. The highest BCUT2D eigenvalue weighted by molar-refractivity contribution is 7.93. The van der Waals surface area contributed by atoms with Crippen LogP contribution in [0, 0.1) is 0 Å². The predicted octanol–water partition coefficient (Wildman–Crippen LogP) is 8.20. The third-order valence-electron chi connectivity index (χ3n) is 7.75. The molecule has 48 heavy (non-hydrogen) atoms. The first-order valence-electron chi connectivity index (χ1n) is 14.9. The van der Waals surface area contributed by atoms with Crippen molar-refractivity contribution in [2.75, 3.05) is 45.4 Å². The van der Waals surface area contributed by atoms with Crippen LogP contribution in [0.25, 0.3) is 0 Å². The number of hydrogen-bond acceptors (Lipinski definition) is 8. The summed E-state index contributed by atoms with van der Waals surface area (Å²) in [6, 6.07) is 19.2. The third kappa shape index (κ3) is 8.47. The van der Waals surface area contributed by atoms with Gasteiger partial charge in [-0.1, -0.05) is 58.5 Å². The number of phenols is 2. The molecule has 10 nitrogen and oxygen atoms in total. The molecule has 2 fully saturated rings. The van der Waals surface area contributed by atoms with Crippen LogP contribution in [-0.4, -0.2) is 53.2 Å². The van der Waals surface area contributed by atoms with Crippen LogP contribution >= 0.6 is 46.4 Å². The zero-order valence-electron chi connectivity index (χ0n) is 25.3. The quantitative estimate of drug-likeness (QED) is 0.141. The fourth-order valence-electron chi connectivity index (χ4n) is 5.41. The molecule has 2 aliphatic rings. The molecule has 6 rings (SSSR count). The molecule has 0 unspecified atom stereocenters. The van der Waals surface area contributed by atoms with E-state index in [1.54, 1.807) is 24.3 Å². The first-order valence-corrected chi connectivity index (χ1v) is 19.3. The number of sulfonamides is 2. The Morgan fingerprint density at radius 3 is 1.56 bits per heavy atom. The Morgan fingerprint density at radius 2 is 1.04 bits per heavy atom. The summed E-state index contributed by atoms with van der Waals surface area (Å²) in [6.07, 6.45) is 4.49. The second-order valence-corrected chi connectivity index (χ2v) is 16.1. The summed E-state index contributed by atoms with van der Waals surface area (Å²) < 4.78 is 55.3. The maximum Gasteiger partial charge on any atom is 0.265 e. The van der Waals surface area contributed by atoms with Crippen molar-refractivity contribution in [1.82, 2.24) is 0 Å². The van der Waals surface area contributed by atoms with E-state index in [2.05, 4.69) is 19.2 Å². The van der Waals surface area contributed by atoms with E-state index in [9.17, 15) is 27.0 Å². The van der Waals surface area contributed by atoms with Crippen LogP contribution in [0.15, 0.2) is 82.6 Å². The van der Waals surface area contributed by atoms with E-state index >= 15 is 0 Å². The van der Waals surface area contributed by atoms with Crippen LogP contribution in [0.3, 0.4) is 0 Å². The van der Waals surface area contributed by atoms with Gasteiger partial charge in [0, 0.05) is 47.6 Å². The second-order valence-electron chi connectivity index (χ2n) is 11.1. The highest BCUT2D eigenvalue weighted by Crippen LogP contribution is 2.37. The molecule has 2 aliphatic heterocycles. The molecule has 4 aromatic rings. The Kier molecular flexibility index (Phi) is 11.3.